The summed E-state index contributed by atoms with van der Waals surface area (Å²) in [5, 5.41) is 3.02. The van der Waals surface area contributed by atoms with E-state index in [-0.39, 0.29) is 6.03 Å². The summed E-state index contributed by atoms with van der Waals surface area (Å²) in [5.74, 6) is 1.76. The van der Waals surface area contributed by atoms with Gasteiger partial charge in [-0.1, -0.05) is 6.07 Å². The molecule has 0 saturated carbocycles. The number of hydrogen-bond acceptors (Lipinski definition) is 3. The van der Waals surface area contributed by atoms with Gasteiger partial charge in [-0.15, -0.1) is 0 Å². The van der Waals surface area contributed by atoms with Crippen molar-refractivity contribution in [3.8, 4) is 5.75 Å². The molecule has 3 fully saturated rings. The Morgan fingerprint density at radius 2 is 2.12 bits per heavy atom. The number of carbonyl (C=O) groups excluding carboxylic acids is 2. The molecule has 1 aromatic rings. The van der Waals surface area contributed by atoms with Crippen molar-refractivity contribution in [2.75, 3.05) is 32.1 Å². The van der Waals surface area contributed by atoms with Gasteiger partial charge in [0.2, 0.25) is 5.91 Å². The summed E-state index contributed by atoms with van der Waals surface area (Å²) in [7, 11) is 1.61. The minimum Gasteiger partial charge on any atom is -0.495 e. The molecule has 26 heavy (non-hydrogen) atoms. The third kappa shape index (κ3) is 3.13. The zero-order chi connectivity index (χ0) is 18.3. The third-order valence-electron chi connectivity index (χ3n) is 6.06. The van der Waals surface area contributed by atoms with Crippen molar-refractivity contribution in [3.05, 3.63) is 23.8 Å². The van der Waals surface area contributed by atoms with Crippen molar-refractivity contribution in [1.29, 1.82) is 0 Å². The number of rotatable bonds is 2. The Kier molecular flexibility index (Phi) is 4.51. The summed E-state index contributed by atoms with van der Waals surface area (Å²) in [6.45, 7) is 4.24. The van der Waals surface area contributed by atoms with Gasteiger partial charge in [-0.2, -0.15) is 0 Å². The van der Waals surface area contributed by atoms with Crippen molar-refractivity contribution in [3.63, 3.8) is 0 Å². The van der Waals surface area contributed by atoms with E-state index in [0.717, 1.165) is 37.9 Å². The van der Waals surface area contributed by atoms with E-state index >= 15 is 0 Å². The number of hydrogen-bond donors (Lipinski definition) is 1. The van der Waals surface area contributed by atoms with Gasteiger partial charge in [0.25, 0.3) is 0 Å². The molecule has 3 aliphatic rings. The third-order valence-corrected chi connectivity index (χ3v) is 6.06. The predicted molar refractivity (Wildman–Crippen MR) is 99.3 cm³/mol. The molecule has 6 heteroatoms. The number of amides is 3. The fourth-order valence-electron chi connectivity index (χ4n) is 4.89. The summed E-state index contributed by atoms with van der Waals surface area (Å²) in [6.07, 6.45) is 3.87. The van der Waals surface area contributed by atoms with Crippen molar-refractivity contribution < 1.29 is 14.3 Å². The van der Waals surface area contributed by atoms with E-state index in [0.29, 0.717) is 48.2 Å². The van der Waals surface area contributed by atoms with E-state index in [1.165, 1.54) is 0 Å². The molecule has 2 bridgehead atoms. The number of urea groups is 1. The summed E-state index contributed by atoms with van der Waals surface area (Å²) < 4.78 is 5.37. The monoisotopic (exact) mass is 357 g/mol. The lowest BCUT2D eigenvalue weighted by atomic mass is 9.76. The quantitative estimate of drug-likeness (QED) is 0.885. The molecule has 4 rings (SSSR count). The molecule has 1 aromatic carbocycles. The van der Waals surface area contributed by atoms with Crippen molar-refractivity contribution >= 4 is 17.6 Å². The van der Waals surface area contributed by atoms with Crippen LogP contribution in [0.4, 0.5) is 10.5 Å². The van der Waals surface area contributed by atoms with Gasteiger partial charge in [0.1, 0.15) is 5.75 Å². The van der Waals surface area contributed by atoms with Crippen LogP contribution in [0.1, 0.15) is 31.2 Å². The van der Waals surface area contributed by atoms with Gasteiger partial charge in [-0.3, -0.25) is 4.79 Å². The Labute approximate surface area is 154 Å². The number of ether oxygens (including phenoxy) is 1. The summed E-state index contributed by atoms with van der Waals surface area (Å²) in [5.41, 5.74) is 1.79. The average Bonchev–Trinajstić information content (AvgIpc) is 2.63. The number of benzene rings is 1. The van der Waals surface area contributed by atoms with Gasteiger partial charge >= 0.3 is 6.03 Å². The molecule has 0 aromatic heterocycles. The fourth-order valence-corrected chi connectivity index (χ4v) is 4.89. The molecule has 2 unspecified atom stereocenters. The van der Waals surface area contributed by atoms with E-state index in [1.54, 1.807) is 7.11 Å². The fraction of sp³-hybridized carbons (Fsp3) is 0.600. The van der Waals surface area contributed by atoms with Gasteiger partial charge in [0.05, 0.1) is 12.8 Å². The van der Waals surface area contributed by atoms with Gasteiger partial charge in [0, 0.05) is 32.1 Å². The van der Waals surface area contributed by atoms with E-state index < -0.39 is 0 Å². The van der Waals surface area contributed by atoms with Crippen LogP contribution in [0, 0.1) is 18.8 Å². The highest BCUT2D eigenvalue weighted by Gasteiger charge is 2.44. The topological polar surface area (TPSA) is 61.9 Å². The molecule has 3 atom stereocenters. The van der Waals surface area contributed by atoms with E-state index in [9.17, 15) is 9.59 Å². The molecule has 1 N–H and O–H groups in total. The molecule has 140 valence electrons. The average molecular weight is 357 g/mol. The number of likely N-dealkylation sites (tertiary alicyclic amines) is 1. The van der Waals surface area contributed by atoms with Gasteiger partial charge in [-0.05, 0) is 55.7 Å². The van der Waals surface area contributed by atoms with Crippen molar-refractivity contribution in [2.24, 2.45) is 11.8 Å². The number of carbonyl (C=O) groups is 2. The first kappa shape index (κ1) is 17.2. The molecule has 6 nitrogen and oxygen atoms in total. The molecular formula is C20H27N3O3. The van der Waals surface area contributed by atoms with Crippen LogP contribution < -0.4 is 10.1 Å². The van der Waals surface area contributed by atoms with Crippen LogP contribution in [0.3, 0.4) is 0 Å². The van der Waals surface area contributed by atoms with E-state index in [1.807, 2.05) is 30.0 Å². The minimum absolute atomic E-state index is 0.0702. The second-order valence-corrected chi connectivity index (χ2v) is 7.91. The molecule has 3 aliphatic heterocycles. The highest BCUT2D eigenvalue weighted by atomic mass is 16.5. The molecule has 0 spiro atoms. The number of nitrogens with one attached hydrogen (secondary N) is 1. The Morgan fingerprint density at radius 1 is 1.27 bits per heavy atom. The summed E-state index contributed by atoms with van der Waals surface area (Å²) in [6, 6.07) is 6.02. The minimum atomic E-state index is -0.0702. The lowest BCUT2D eigenvalue weighted by Crippen LogP contribution is -2.61. The molecule has 0 aliphatic carbocycles. The Morgan fingerprint density at radius 3 is 2.92 bits per heavy atom. The second-order valence-electron chi connectivity index (χ2n) is 7.91. The smallest absolute Gasteiger partial charge is 0.321 e. The lowest BCUT2D eigenvalue weighted by molar-refractivity contribution is -0.144. The maximum atomic E-state index is 12.9. The van der Waals surface area contributed by atoms with Crippen LogP contribution in [0.25, 0.3) is 0 Å². The van der Waals surface area contributed by atoms with E-state index in [2.05, 4.69) is 10.2 Å². The van der Waals surface area contributed by atoms with Crippen LogP contribution in [-0.4, -0.2) is 54.5 Å². The number of fused-ring (bicyclic) bond motifs is 4. The number of methoxy groups -OCH3 is 1. The van der Waals surface area contributed by atoms with Crippen molar-refractivity contribution in [1.82, 2.24) is 9.80 Å². The number of aryl methyl sites for hydroxylation is 1. The Balaban J connectivity index is 1.47. The Hall–Kier alpha value is -2.24. The molecule has 0 radical (unpaired) electrons. The lowest BCUT2D eigenvalue weighted by Gasteiger charge is -2.52. The van der Waals surface area contributed by atoms with Crippen LogP contribution in [0.15, 0.2) is 18.2 Å². The van der Waals surface area contributed by atoms with E-state index in [4.69, 9.17) is 4.74 Å². The first-order valence-corrected chi connectivity index (χ1v) is 9.55. The standard InChI is InChI=1S/C20H27N3O3/c1-13-6-7-18(26-2)16(8-13)21-20(25)22-10-14-9-15(12-22)17-4-3-5-19(24)23(17)11-14/h6-8,14-15,17H,3-5,9-12H2,1-2H3,(H,21,25)/t14?,15?,17-/m1/s1. The zero-order valence-corrected chi connectivity index (χ0v) is 15.5. The zero-order valence-electron chi connectivity index (χ0n) is 15.5. The maximum Gasteiger partial charge on any atom is 0.321 e. The highest BCUT2D eigenvalue weighted by Crippen LogP contribution is 2.38. The molecule has 3 amide bonds. The number of anilines is 1. The van der Waals surface area contributed by atoms with Gasteiger partial charge in [-0.25, -0.2) is 4.79 Å². The SMILES string of the molecule is COc1ccc(C)cc1NC(=O)N1CC2CC(C1)[C@H]1CCCC(=O)N1C2. The normalized spacial score (nSPS) is 27.8. The number of piperidine rings is 3. The van der Waals surface area contributed by atoms with Gasteiger partial charge in [0.15, 0.2) is 0 Å². The molecule has 3 heterocycles. The molecular weight excluding hydrogens is 330 g/mol. The first-order chi connectivity index (χ1) is 12.5. The second kappa shape index (κ2) is 6.82. The van der Waals surface area contributed by atoms with Crippen molar-refractivity contribution in [2.45, 2.75) is 38.6 Å². The first-order valence-electron chi connectivity index (χ1n) is 9.55. The highest BCUT2D eigenvalue weighted by molar-refractivity contribution is 5.91. The predicted octanol–water partition coefficient (Wildman–Crippen LogP) is 2.87. The van der Waals surface area contributed by atoms with Crippen LogP contribution in [0.2, 0.25) is 0 Å². The maximum absolute atomic E-state index is 12.9. The van der Waals surface area contributed by atoms with Gasteiger partial charge < -0.3 is 19.9 Å². The van der Waals surface area contributed by atoms with Crippen LogP contribution >= 0.6 is 0 Å². The number of nitrogens with zero attached hydrogens (tertiary/aromatic N) is 2. The Bertz CT molecular complexity index is 720. The summed E-state index contributed by atoms with van der Waals surface area (Å²) >= 11 is 0. The molecule has 3 saturated heterocycles. The largest absolute Gasteiger partial charge is 0.495 e. The summed E-state index contributed by atoms with van der Waals surface area (Å²) in [4.78, 5) is 29.1. The van der Waals surface area contributed by atoms with Crippen LogP contribution in [0.5, 0.6) is 5.75 Å². The van der Waals surface area contributed by atoms with Crippen LogP contribution in [-0.2, 0) is 4.79 Å².